The topological polar surface area (TPSA) is 136 Å². The van der Waals surface area contributed by atoms with Gasteiger partial charge in [-0.15, -0.1) is 0 Å². The Kier molecular flexibility index (Phi) is 6.69. The van der Waals surface area contributed by atoms with Gasteiger partial charge in [-0.3, -0.25) is 13.9 Å². The minimum absolute atomic E-state index is 0.0319. The molecule has 0 saturated heterocycles. The highest BCUT2D eigenvalue weighted by Gasteiger charge is 2.21. The third-order valence-electron chi connectivity index (χ3n) is 5.48. The van der Waals surface area contributed by atoms with E-state index < -0.39 is 17.4 Å². The minimum Gasteiger partial charge on any atom is -0.507 e. The van der Waals surface area contributed by atoms with Crippen molar-refractivity contribution in [2.45, 2.75) is 19.6 Å². The summed E-state index contributed by atoms with van der Waals surface area (Å²) in [6.07, 6.45) is 0.394. The number of para-hydroxylation sites is 1. The number of aryl methyl sites for hydroxylation is 2. The predicted octanol–water partition coefficient (Wildman–Crippen LogP) is 1.33. The standard InChI is InChI=1S/C24H26N6O5/c1-15-7-6-9-18(11-15)35-14-17(31)13-30-20-21(28(2)24(34)29(3)22(20)33)26-23(30)27-25-12-16-8-4-5-10-19(16)32/h4-12,17,31-32H,13-14H2,1-3H3,(H,26,27). The molecule has 0 amide bonds. The van der Waals surface area contributed by atoms with Crippen molar-refractivity contribution in [3.63, 3.8) is 0 Å². The third-order valence-corrected chi connectivity index (χ3v) is 5.48. The van der Waals surface area contributed by atoms with Crippen LogP contribution >= 0.6 is 0 Å². The van der Waals surface area contributed by atoms with Crippen LogP contribution in [0.2, 0.25) is 0 Å². The number of nitrogens with zero attached hydrogens (tertiary/aromatic N) is 5. The Morgan fingerprint density at radius 3 is 2.66 bits per heavy atom. The molecule has 3 N–H and O–H groups in total. The fourth-order valence-corrected chi connectivity index (χ4v) is 3.63. The molecule has 1 atom stereocenters. The number of aliphatic hydroxyl groups is 1. The molecule has 0 fully saturated rings. The van der Waals surface area contributed by atoms with Gasteiger partial charge in [-0.05, 0) is 36.8 Å². The number of aliphatic hydroxyl groups excluding tert-OH is 1. The van der Waals surface area contributed by atoms with E-state index in [1.165, 1.54) is 35.5 Å². The van der Waals surface area contributed by atoms with Crippen molar-refractivity contribution in [1.82, 2.24) is 18.7 Å². The molecule has 2 heterocycles. The van der Waals surface area contributed by atoms with Gasteiger partial charge >= 0.3 is 5.69 Å². The van der Waals surface area contributed by atoms with Crippen LogP contribution < -0.4 is 21.4 Å². The number of imidazole rings is 1. The number of rotatable bonds is 8. The molecule has 4 aromatic rings. The Morgan fingerprint density at radius 2 is 1.91 bits per heavy atom. The van der Waals surface area contributed by atoms with Crippen LogP contribution in [-0.2, 0) is 20.6 Å². The third kappa shape index (κ3) is 4.94. The molecule has 0 aliphatic heterocycles. The maximum Gasteiger partial charge on any atom is 0.332 e. The molecule has 0 aliphatic carbocycles. The second-order valence-corrected chi connectivity index (χ2v) is 8.13. The number of hydrogen-bond donors (Lipinski definition) is 3. The lowest BCUT2D eigenvalue weighted by molar-refractivity contribution is 0.0938. The lowest BCUT2D eigenvalue weighted by Crippen LogP contribution is -2.38. The maximum absolute atomic E-state index is 13.0. The highest BCUT2D eigenvalue weighted by Crippen LogP contribution is 2.18. The first kappa shape index (κ1) is 23.8. The second-order valence-electron chi connectivity index (χ2n) is 8.13. The van der Waals surface area contributed by atoms with E-state index in [1.807, 2.05) is 25.1 Å². The lowest BCUT2D eigenvalue weighted by atomic mass is 10.2. The molecule has 0 saturated carbocycles. The van der Waals surface area contributed by atoms with Gasteiger partial charge in [0.05, 0.1) is 12.8 Å². The number of nitrogens with one attached hydrogen (secondary N) is 1. The number of hydrogen-bond acceptors (Lipinski definition) is 8. The number of phenolic OH excluding ortho intramolecular Hbond substituents is 1. The van der Waals surface area contributed by atoms with Crippen molar-refractivity contribution in [2.24, 2.45) is 19.2 Å². The van der Waals surface area contributed by atoms with E-state index in [2.05, 4.69) is 15.5 Å². The van der Waals surface area contributed by atoms with Crippen LogP contribution in [0, 0.1) is 6.92 Å². The van der Waals surface area contributed by atoms with Crippen LogP contribution in [0.1, 0.15) is 11.1 Å². The first-order chi connectivity index (χ1) is 16.8. The zero-order chi connectivity index (χ0) is 25.1. The fourth-order valence-electron chi connectivity index (χ4n) is 3.63. The van der Waals surface area contributed by atoms with E-state index >= 15 is 0 Å². The fraction of sp³-hybridized carbons (Fsp3) is 0.250. The largest absolute Gasteiger partial charge is 0.507 e. The van der Waals surface area contributed by atoms with E-state index in [4.69, 9.17) is 4.74 Å². The molecular weight excluding hydrogens is 452 g/mol. The number of ether oxygens (including phenoxy) is 1. The Balaban J connectivity index is 1.67. The summed E-state index contributed by atoms with van der Waals surface area (Å²) in [6, 6.07) is 14.1. The summed E-state index contributed by atoms with van der Waals surface area (Å²) in [4.78, 5) is 29.7. The van der Waals surface area contributed by atoms with E-state index in [1.54, 1.807) is 24.3 Å². The summed E-state index contributed by atoms with van der Waals surface area (Å²) in [5.41, 5.74) is 3.44. The molecule has 0 bridgehead atoms. The number of aromatic nitrogens is 4. The molecule has 2 aromatic heterocycles. The zero-order valence-electron chi connectivity index (χ0n) is 19.5. The molecule has 1 unspecified atom stereocenters. The molecule has 0 aliphatic rings. The van der Waals surface area contributed by atoms with Crippen molar-refractivity contribution >= 4 is 23.3 Å². The predicted molar refractivity (Wildman–Crippen MR) is 132 cm³/mol. The summed E-state index contributed by atoms with van der Waals surface area (Å²) in [5, 5.41) is 24.8. The first-order valence-corrected chi connectivity index (χ1v) is 10.9. The Bertz CT molecular complexity index is 1520. The van der Waals surface area contributed by atoms with Gasteiger partial charge in [0.25, 0.3) is 5.56 Å². The normalized spacial score (nSPS) is 12.3. The summed E-state index contributed by atoms with van der Waals surface area (Å²) in [7, 11) is 2.88. The molecule has 35 heavy (non-hydrogen) atoms. The van der Waals surface area contributed by atoms with Crippen LogP contribution in [0.15, 0.2) is 63.2 Å². The summed E-state index contributed by atoms with van der Waals surface area (Å²) < 4.78 is 9.39. The SMILES string of the molecule is Cc1cccc(OCC(O)Cn2c(NN=Cc3ccccc3O)nc3c2c(=O)n(C)c(=O)n3C)c1. The Labute approximate surface area is 200 Å². The van der Waals surface area contributed by atoms with Crippen molar-refractivity contribution in [3.05, 3.63) is 80.5 Å². The molecule has 11 heteroatoms. The van der Waals surface area contributed by atoms with Crippen LogP contribution in [0.5, 0.6) is 11.5 Å². The molecule has 11 nitrogen and oxygen atoms in total. The van der Waals surface area contributed by atoms with Gasteiger partial charge in [-0.1, -0.05) is 24.3 Å². The van der Waals surface area contributed by atoms with E-state index in [9.17, 15) is 19.8 Å². The summed E-state index contributed by atoms with van der Waals surface area (Å²) in [5.74, 6) is 0.801. The van der Waals surface area contributed by atoms with Crippen LogP contribution in [0.4, 0.5) is 5.95 Å². The second kappa shape index (κ2) is 9.85. The smallest absolute Gasteiger partial charge is 0.332 e. The average molecular weight is 479 g/mol. The zero-order valence-corrected chi connectivity index (χ0v) is 19.5. The number of aromatic hydroxyl groups is 1. The number of benzene rings is 2. The van der Waals surface area contributed by atoms with Gasteiger partial charge in [0, 0.05) is 19.7 Å². The highest BCUT2D eigenvalue weighted by atomic mass is 16.5. The Hall–Kier alpha value is -4.38. The van der Waals surface area contributed by atoms with Gasteiger partial charge in [-0.25, -0.2) is 10.2 Å². The molecule has 2 aromatic carbocycles. The van der Waals surface area contributed by atoms with Gasteiger partial charge in [0.2, 0.25) is 5.95 Å². The van der Waals surface area contributed by atoms with Gasteiger partial charge in [0.1, 0.15) is 24.2 Å². The van der Waals surface area contributed by atoms with Crippen molar-refractivity contribution in [2.75, 3.05) is 12.0 Å². The number of phenols is 1. The molecule has 0 radical (unpaired) electrons. The van der Waals surface area contributed by atoms with Crippen LogP contribution in [0.25, 0.3) is 11.2 Å². The molecule has 0 spiro atoms. The Morgan fingerprint density at radius 1 is 1.14 bits per heavy atom. The summed E-state index contributed by atoms with van der Waals surface area (Å²) >= 11 is 0. The van der Waals surface area contributed by atoms with Crippen molar-refractivity contribution in [3.8, 4) is 11.5 Å². The van der Waals surface area contributed by atoms with Crippen LogP contribution in [0.3, 0.4) is 0 Å². The highest BCUT2D eigenvalue weighted by molar-refractivity contribution is 5.83. The lowest BCUT2D eigenvalue weighted by Gasteiger charge is -2.15. The quantitative estimate of drug-likeness (QED) is 0.257. The monoisotopic (exact) mass is 478 g/mol. The summed E-state index contributed by atoms with van der Waals surface area (Å²) in [6.45, 7) is 1.86. The minimum atomic E-state index is -1.00. The van der Waals surface area contributed by atoms with E-state index in [-0.39, 0.29) is 36.0 Å². The molecule has 4 rings (SSSR count). The van der Waals surface area contributed by atoms with Gasteiger partial charge < -0.3 is 19.5 Å². The number of fused-ring (bicyclic) bond motifs is 1. The molecular formula is C24H26N6O5. The van der Waals surface area contributed by atoms with Crippen molar-refractivity contribution < 1.29 is 14.9 Å². The van der Waals surface area contributed by atoms with Gasteiger partial charge in [-0.2, -0.15) is 10.1 Å². The van der Waals surface area contributed by atoms with E-state index in [0.29, 0.717) is 11.3 Å². The van der Waals surface area contributed by atoms with Crippen molar-refractivity contribution in [1.29, 1.82) is 0 Å². The average Bonchev–Trinajstić information content (AvgIpc) is 3.19. The van der Waals surface area contributed by atoms with E-state index in [0.717, 1.165) is 10.1 Å². The number of hydrazone groups is 1. The van der Waals surface area contributed by atoms with Crippen LogP contribution in [-0.4, -0.2) is 47.8 Å². The molecule has 182 valence electrons. The number of anilines is 1. The van der Waals surface area contributed by atoms with Gasteiger partial charge in [0.15, 0.2) is 11.2 Å². The first-order valence-electron chi connectivity index (χ1n) is 10.9. The maximum atomic E-state index is 13.0.